The highest BCUT2D eigenvalue weighted by Crippen LogP contribution is 2.24. The quantitative estimate of drug-likeness (QED) is 0.822. The third-order valence-corrected chi connectivity index (χ3v) is 3.24. The first kappa shape index (κ1) is 19.3. The minimum Gasteiger partial charge on any atom is -0.490 e. The highest BCUT2D eigenvalue weighted by Gasteiger charge is 2.21. The number of likely N-dealkylation sites (N-methyl/N-ethyl adjacent to an activating group) is 1. The van der Waals surface area contributed by atoms with E-state index in [9.17, 15) is 4.79 Å². The maximum Gasteiger partial charge on any atom is 0.410 e. The number of nitrogens with zero attached hydrogens (tertiary/aromatic N) is 2. The monoisotopic (exact) mass is 322 g/mol. The van der Waals surface area contributed by atoms with Crippen LogP contribution >= 0.6 is 0 Å². The van der Waals surface area contributed by atoms with Gasteiger partial charge in [0.1, 0.15) is 18.0 Å². The number of aromatic nitrogens is 1. The van der Waals surface area contributed by atoms with Crippen molar-refractivity contribution in [1.82, 2.24) is 9.88 Å². The van der Waals surface area contributed by atoms with Gasteiger partial charge in [-0.3, -0.25) is 4.98 Å². The largest absolute Gasteiger partial charge is 0.490 e. The van der Waals surface area contributed by atoms with Crippen LogP contribution in [0.2, 0.25) is 0 Å². The van der Waals surface area contributed by atoms with E-state index in [0.717, 1.165) is 11.3 Å². The first-order valence-corrected chi connectivity index (χ1v) is 8.09. The molecule has 130 valence electrons. The van der Waals surface area contributed by atoms with E-state index in [1.165, 1.54) is 0 Å². The van der Waals surface area contributed by atoms with E-state index in [2.05, 4.69) is 25.8 Å². The van der Waals surface area contributed by atoms with Crippen LogP contribution < -0.4 is 4.74 Å². The van der Waals surface area contributed by atoms with E-state index in [-0.39, 0.29) is 11.5 Å². The summed E-state index contributed by atoms with van der Waals surface area (Å²) in [5.74, 6) is 0.720. The van der Waals surface area contributed by atoms with E-state index in [0.29, 0.717) is 19.7 Å². The Kier molecular flexibility index (Phi) is 6.42. The van der Waals surface area contributed by atoms with Crippen LogP contribution in [0.3, 0.4) is 0 Å². The van der Waals surface area contributed by atoms with Crippen LogP contribution in [0.25, 0.3) is 0 Å². The summed E-state index contributed by atoms with van der Waals surface area (Å²) in [6.07, 6.45) is 3.23. The fourth-order valence-corrected chi connectivity index (χ4v) is 1.89. The summed E-state index contributed by atoms with van der Waals surface area (Å²) in [7, 11) is 0. The van der Waals surface area contributed by atoms with Gasteiger partial charge in [0.15, 0.2) is 0 Å². The number of pyridine rings is 1. The Bertz CT molecular complexity index is 516. The number of ether oxygens (including phenoxy) is 2. The number of hydrogen-bond acceptors (Lipinski definition) is 4. The van der Waals surface area contributed by atoms with E-state index >= 15 is 0 Å². The van der Waals surface area contributed by atoms with E-state index < -0.39 is 5.60 Å². The number of carbonyl (C=O) groups is 1. The average Bonchev–Trinajstić information content (AvgIpc) is 2.41. The first-order valence-electron chi connectivity index (χ1n) is 8.09. The van der Waals surface area contributed by atoms with Crippen molar-refractivity contribution >= 4 is 6.09 Å². The van der Waals surface area contributed by atoms with Gasteiger partial charge in [0, 0.05) is 12.7 Å². The summed E-state index contributed by atoms with van der Waals surface area (Å²) >= 11 is 0. The minimum atomic E-state index is -0.490. The molecule has 1 aromatic heterocycles. The van der Waals surface area contributed by atoms with Crippen LogP contribution in [-0.2, 0) is 10.2 Å². The summed E-state index contributed by atoms with van der Waals surface area (Å²) in [5.41, 5.74) is 0.656. The average molecular weight is 322 g/mol. The summed E-state index contributed by atoms with van der Waals surface area (Å²) in [4.78, 5) is 17.9. The molecule has 0 radical (unpaired) electrons. The third-order valence-electron chi connectivity index (χ3n) is 3.24. The zero-order valence-corrected chi connectivity index (χ0v) is 15.5. The Morgan fingerprint density at radius 2 is 1.83 bits per heavy atom. The molecule has 0 aliphatic rings. The van der Waals surface area contributed by atoms with E-state index in [4.69, 9.17) is 9.47 Å². The first-order chi connectivity index (χ1) is 10.5. The molecular weight excluding hydrogens is 292 g/mol. The highest BCUT2D eigenvalue weighted by molar-refractivity contribution is 5.68. The smallest absolute Gasteiger partial charge is 0.410 e. The predicted molar refractivity (Wildman–Crippen MR) is 91.9 cm³/mol. The minimum absolute atomic E-state index is 0.0261. The molecule has 0 N–H and O–H groups in total. The van der Waals surface area contributed by atoms with Crippen molar-refractivity contribution in [3.8, 4) is 5.75 Å². The van der Waals surface area contributed by atoms with Crippen LogP contribution in [0.5, 0.6) is 5.75 Å². The molecule has 0 aromatic carbocycles. The highest BCUT2D eigenvalue weighted by atomic mass is 16.6. The van der Waals surface area contributed by atoms with Crippen LogP contribution in [0, 0.1) is 0 Å². The third kappa shape index (κ3) is 6.89. The molecule has 0 spiro atoms. The van der Waals surface area contributed by atoms with Crippen molar-refractivity contribution in [2.75, 3.05) is 19.7 Å². The zero-order valence-electron chi connectivity index (χ0n) is 15.5. The molecule has 0 saturated carbocycles. The fraction of sp³-hybridized carbons (Fsp3) is 0.667. The van der Waals surface area contributed by atoms with Gasteiger partial charge in [-0.25, -0.2) is 4.79 Å². The molecular formula is C18H30N2O3. The number of hydrogen-bond donors (Lipinski definition) is 0. The topological polar surface area (TPSA) is 51.7 Å². The van der Waals surface area contributed by atoms with E-state index in [1.54, 1.807) is 11.1 Å². The molecule has 0 aliphatic heterocycles. The van der Waals surface area contributed by atoms with Crippen molar-refractivity contribution in [2.24, 2.45) is 0 Å². The van der Waals surface area contributed by atoms with Crippen molar-refractivity contribution in [3.63, 3.8) is 0 Å². The van der Waals surface area contributed by atoms with Gasteiger partial charge in [0.2, 0.25) is 0 Å². The molecule has 5 heteroatoms. The van der Waals surface area contributed by atoms with Gasteiger partial charge >= 0.3 is 6.09 Å². The SMILES string of the molecule is CCN(CCOc1cncc(C(C)(C)C)c1)C(=O)OC(C)(C)C. The van der Waals surface area contributed by atoms with Gasteiger partial charge in [-0.1, -0.05) is 20.8 Å². The molecule has 23 heavy (non-hydrogen) atoms. The zero-order chi connectivity index (χ0) is 17.7. The summed E-state index contributed by atoms with van der Waals surface area (Å²) in [6.45, 7) is 15.4. The number of carbonyl (C=O) groups excluding carboxylic acids is 1. The second-order valence-corrected chi connectivity index (χ2v) is 7.57. The van der Waals surface area contributed by atoms with E-state index in [1.807, 2.05) is 40.0 Å². The maximum atomic E-state index is 12.1. The lowest BCUT2D eigenvalue weighted by atomic mass is 9.88. The lowest BCUT2D eigenvalue weighted by Gasteiger charge is -2.26. The lowest BCUT2D eigenvalue weighted by Crippen LogP contribution is -2.38. The molecule has 1 amide bonds. The molecule has 0 aliphatic carbocycles. The predicted octanol–water partition coefficient (Wildman–Crippen LogP) is 4.01. The van der Waals surface area contributed by atoms with Crippen molar-refractivity contribution in [2.45, 2.75) is 59.5 Å². The molecule has 1 heterocycles. The maximum absolute atomic E-state index is 12.1. The Morgan fingerprint density at radius 3 is 2.35 bits per heavy atom. The molecule has 0 saturated heterocycles. The van der Waals surface area contributed by atoms with Gasteiger partial charge in [-0.05, 0) is 44.7 Å². The van der Waals surface area contributed by atoms with Gasteiger partial charge in [-0.15, -0.1) is 0 Å². The van der Waals surface area contributed by atoms with Gasteiger partial charge in [0.25, 0.3) is 0 Å². The van der Waals surface area contributed by atoms with Gasteiger partial charge in [0.05, 0.1) is 12.7 Å². The molecule has 0 unspecified atom stereocenters. The Labute approximate surface area is 140 Å². The number of amides is 1. The Hall–Kier alpha value is -1.78. The normalized spacial score (nSPS) is 12.0. The number of rotatable bonds is 5. The molecule has 1 aromatic rings. The lowest BCUT2D eigenvalue weighted by molar-refractivity contribution is 0.0237. The summed E-state index contributed by atoms with van der Waals surface area (Å²) < 4.78 is 11.1. The second-order valence-electron chi connectivity index (χ2n) is 7.57. The fourth-order valence-electron chi connectivity index (χ4n) is 1.89. The summed E-state index contributed by atoms with van der Waals surface area (Å²) in [5, 5.41) is 0. The van der Waals surface area contributed by atoms with Crippen molar-refractivity contribution < 1.29 is 14.3 Å². The molecule has 0 bridgehead atoms. The molecule has 0 fully saturated rings. The Morgan fingerprint density at radius 1 is 1.17 bits per heavy atom. The van der Waals surface area contributed by atoms with Gasteiger partial charge < -0.3 is 14.4 Å². The second kappa shape index (κ2) is 7.66. The van der Waals surface area contributed by atoms with Crippen LogP contribution in [0.15, 0.2) is 18.5 Å². The summed E-state index contributed by atoms with van der Waals surface area (Å²) in [6, 6.07) is 2.00. The molecule has 1 rings (SSSR count). The van der Waals surface area contributed by atoms with Crippen LogP contribution in [0.1, 0.15) is 54.0 Å². The van der Waals surface area contributed by atoms with Crippen molar-refractivity contribution in [1.29, 1.82) is 0 Å². The van der Waals surface area contributed by atoms with Crippen LogP contribution in [0.4, 0.5) is 4.79 Å². The molecule has 5 nitrogen and oxygen atoms in total. The Balaban J connectivity index is 2.56. The van der Waals surface area contributed by atoms with Crippen molar-refractivity contribution in [3.05, 3.63) is 24.0 Å². The standard InChI is InChI=1S/C18H30N2O3/c1-8-20(16(21)23-18(5,6)7)9-10-22-15-11-14(12-19-13-15)17(2,3)4/h11-13H,8-10H2,1-7H3. The van der Waals surface area contributed by atoms with Gasteiger partial charge in [-0.2, -0.15) is 0 Å². The molecule has 0 atom stereocenters. The van der Waals surface area contributed by atoms with Crippen LogP contribution in [-0.4, -0.2) is 41.3 Å².